The van der Waals surface area contributed by atoms with Crippen molar-refractivity contribution in [2.24, 2.45) is 0 Å². The Morgan fingerprint density at radius 3 is 2.65 bits per heavy atom. The number of benzene rings is 2. The molecular formula is C16H14BrNO2. The normalized spacial score (nSPS) is 10.7. The highest BCUT2D eigenvalue weighted by molar-refractivity contribution is 9.10. The van der Waals surface area contributed by atoms with Crippen LogP contribution in [-0.2, 0) is 6.61 Å². The quantitative estimate of drug-likeness (QED) is 0.762. The summed E-state index contributed by atoms with van der Waals surface area (Å²) >= 11 is 3.52. The number of fused-ring (bicyclic) bond motifs is 1. The molecule has 0 fully saturated rings. The van der Waals surface area contributed by atoms with Crippen molar-refractivity contribution < 1.29 is 9.47 Å². The number of hydrogen-bond acceptors (Lipinski definition) is 2. The first-order valence-electron chi connectivity index (χ1n) is 6.29. The lowest BCUT2D eigenvalue weighted by atomic mass is 10.2. The lowest BCUT2D eigenvalue weighted by Crippen LogP contribution is -1.97. The van der Waals surface area contributed by atoms with Crippen LogP contribution in [0.5, 0.6) is 11.5 Å². The first kappa shape index (κ1) is 13.1. The van der Waals surface area contributed by atoms with Crippen LogP contribution < -0.4 is 9.47 Å². The van der Waals surface area contributed by atoms with Gasteiger partial charge in [0.05, 0.1) is 12.6 Å². The molecule has 0 spiro atoms. The standard InChI is InChI=1S/C16H14BrNO2/c1-19-15-8-14-12(13(17)9-18-14)7-16(15)20-10-11-5-3-2-4-6-11/h2-9,18H,10H2,1H3. The molecule has 1 aromatic heterocycles. The zero-order valence-electron chi connectivity index (χ0n) is 11.0. The lowest BCUT2D eigenvalue weighted by Gasteiger charge is -2.11. The van der Waals surface area contributed by atoms with E-state index in [1.54, 1.807) is 7.11 Å². The molecule has 1 heterocycles. The van der Waals surface area contributed by atoms with E-state index in [-0.39, 0.29) is 0 Å². The number of ether oxygens (including phenoxy) is 2. The largest absolute Gasteiger partial charge is 0.493 e. The molecule has 1 N–H and O–H groups in total. The average molecular weight is 332 g/mol. The third-order valence-electron chi connectivity index (χ3n) is 3.15. The first-order valence-corrected chi connectivity index (χ1v) is 7.08. The van der Waals surface area contributed by atoms with Gasteiger partial charge in [0.15, 0.2) is 11.5 Å². The summed E-state index contributed by atoms with van der Waals surface area (Å²) in [5.74, 6) is 1.46. The second-order valence-corrected chi connectivity index (χ2v) is 5.31. The van der Waals surface area contributed by atoms with Crippen molar-refractivity contribution in [3.05, 3.63) is 58.7 Å². The minimum absolute atomic E-state index is 0.519. The number of hydrogen-bond donors (Lipinski definition) is 1. The van der Waals surface area contributed by atoms with Gasteiger partial charge in [-0.25, -0.2) is 0 Å². The van der Waals surface area contributed by atoms with Gasteiger partial charge < -0.3 is 14.5 Å². The Labute approximate surface area is 125 Å². The van der Waals surface area contributed by atoms with Crippen molar-refractivity contribution in [1.82, 2.24) is 4.98 Å². The number of rotatable bonds is 4. The average Bonchev–Trinajstić information content (AvgIpc) is 2.86. The van der Waals surface area contributed by atoms with Crippen LogP contribution in [0, 0.1) is 0 Å². The second-order valence-electron chi connectivity index (χ2n) is 4.46. The van der Waals surface area contributed by atoms with Crippen molar-refractivity contribution in [1.29, 1.82) is 0 Å². The molecule has 20 heavy (non-hydrogen) atoms. The second kappa shape index (κ2) is 5.59. The van der Waals surface area contributed by atoms with E-state index >= 15 is 0 Å². The Balaban J connectivity index is 1.91. The molecule has 0 saturated carbocycles. The van der Waals surface area contributed by atoms with E-state index in [9.17, 15) is 0 Å². The fraction of sp³-hybridized carbons (Fsp3) is 0.125. The Morgan fingerprint density at radius 1 is 1.10 bits per heavy atom. The third-order valence-corrected chi connectivity index (χ3v) is 3.81. The molecule has 3 rings (SSSR count). The van der Waals surface area contributed by atoms with Crippen LogP contribution in [-0.4, -0.2) is 12.1 Å². The number of H-pyrrole nitrogens is 1. The summed E-state index contributed by atoms with van der Waals surface area (Å²) in [6.07, 6.45) is 1.91. The summed E-state index contributed by atoms with van der Waals surface area (Å²) in [5.41, 5.74) is 2.14. The molecule has 102 valence electrons. The molecule has 3 aromatic rings. The van der Waals surface area contributed by atoms with Gasteiger partial charge in [0.2, 0.25) is 0 Å². The highest BCUT2D eigenvalue weighted by Gasteiger charge is 2.10. The molecule has 3 nitrogen and oxygen atoms in total. The van der Waals surface area contributed by atoms with Crippen molar-refractivity contribution in [2.75, 3.05) is 7.11 Å². The molecule has 2 aromatic carbocycles. The molecule has 0 aliphatic rings. The first-order chi connectivity index (χ1) is 9.78. The van der Waals surface area contributed by atoms with E-state index in [1.807, 2.05) is 48.7 Å². The maximum absolute atomic E-state index is 5.89. The zero-order valence-corrected chi connectivity index (χ0v) is 12.6. The van der Waals surface area contributed by atoms with Crippen molar-refractivity contribution >= 4 is 26.8 Å². The highest BCUT2D eigenvalue weighted by atomic mass is 79.9. The van der Waals surface area contributed by atoms with Crippen LogP contribution in [0.3, 0.4) is 0 Å². The lowest BCUT2D eigenvalue weighted by molar-refractivity contribution is 0.285. The predicted molar refractivity (Wildman–Crippen MR) is 83.3 cm³/mol. The molecule has 0 amide bonds. The van der Waals surface area contributed by atoms with Gasteiger partial charge in [-0.3, -0.25) is 0 Å². The van der Waals surface area contributed by atoms with Crippen LogP contribution in [0.2, 0.25) is 0 Å². The van der Waals surface area contributed by atoms with Crippen LogP contribution in [0.25, 0.3) is 10.9 Å². The van der Waals surface area contributed by atoms with Crippen LogP contribution >= 0.6 is 15.9 Å². The van der Waals surface area contributed by atoms with Crippen molar-refractivity contribution in [2.45, 2.75) is 6.61 Å². The van der Waals surface area contributed by atoms with E-state index in [4.69, 9.17) is 9.47 Å². The van der Waals surface area contributed by atoms with Gasteiger partial charge >= 0.3 is 0 Å². The van der Waals surface area contributed by atoms with Gasteiger partial charge in [0.1, 0.15) is 6.61 Å². The van der Waals surface area contributed by atoms with E-state index in [0.29, 0.717) is 6.61 Å². The minimum atomic E-state index is 0.519. The van der Waals surface area contributed by atoms with Crippen LogP contribution in [0.1, 0.15) is 5.56 Å². The maximum Gasteiger partial charge on any atom is 0.162 e. The summed E-state index contributed by atoms with van der Waals surface area (Å²) in [6.45, 7) is 0.519. The van der Waals surface area contributed by atoms with Gasteiger partial charge in [-0.05, 0) is 27.6 Å². The minimum Gasteiger partial charge on any atom is -0.493 e. The van der Waals surface area contributed by atoms with Gasteiger partial charge in [-0.15, -0.1) is 0 Å². The maximum atomic E-state index is 5.89. The van der Waals surface area contributed by atoms with E-state index in [1.165, 1.54) is 0 Å². The van der Waals surface area contributed by atoms with E-state index in [2.05, 4.69) is 20.9 Å². The number of aromatic amines is 1. The summed E-state index contributed by atoms with van der Waals surface area (Å²) < 4.78 is 12.3. The Bertz CT molecular complexity index is 722. The molecule has 0 bridgehead atoms. The zero-order chi connectivity index (χ0) is 13.9. The molecule has 0 saturated heterocycles. The molecule has 0 unspecified atom stereocenters. The molecule has 4 heteroatoms. The number of methoxy groups -OCH3 is 1. The van der Waals surface area contributed by atoms with E-state index < -0.39 is 0 Å². The molecular weight excluding hydrogens is 318 g/mol. The molecule has 0 aliphatic heterocycles. The van der Waals surface area contributed by atoms with Crippen molar-refractivity contribution in [3.63, 3.8) is 0 Å². The fourth-order valence-electron chi connectivity index (χ4n) is 2.10. The topological polar surface area (TPSA) is 34.2 Å². The van der Waals surface area contributed by atoms with Crippen LogP contribution in [0.4, 0.5) is 0 Å². The smallest absolute Gasteiger partial charge is 0.162 e. The van der Waals surface area contributed by atoms with Gasteiger partial charge in [0, 0.05) is 22.1 Å². The van der Waals surface area contributed by atoms with Crippen LogP contribution in [0.15, 0.2) is 53.1 Å². The predicted octanol–water partition coefficient (Wildman–Crippen LogP) is 4.52. The summed E-state index contributed by atoms with van der Waals surface area (Å²) in [7, 11) is 1.65. The van der Waals surface area contributed by atoms with Gasteiger partial charge in [-0.2, -0.15) is 0 Å². The van der Waals surface area contributed by atoms with Gasteiger partial charge in [0.25, 0.3) is 0 Å². The van der Waals surface area contributed by atoms with E-state index in [0.717, 1.165) is 32.4 Å². The summed E-state index contributed by atoms with van der Waals surface area (Å²) in [5, 5.41) is 1.08. The molecule has 0 aliphatic carbocycles. The molecule has 0 radical (unpaired) electrons. The third kappa shape index (κ3) is 2.51. The SMILES string of the molecule is COc1cc2[nH]cc(Br)c2cc1OCc1ccccc1. The summed E-state index contributed by atoms with van der Waals surface area (Å²) in [4.78, 5) is 3.18. The Kier molecular flexibility index (Phi) is 3.65. The molecule has 0 atom stereocenters. The number of nitrogens with one attached hydrogen (secondary N) is 1. The summed E-state index contributed by atoms with van der Waals surface area (Å²) in [6, 6.07) is 14.0. The Morgan fingerprint density at radius 2 is 1.90 bits per heavy atom. The van der Waals surface area contributed by atoms with Gasteiger partial charge in [-0.1, -0.05) is 30.3 Å². The Hall–Kier alpha value is -1.94. The fourth-order valence-corrected chi connectivity index (χ4v) is 2.55. The number of aromatic nitrogens is 1. The monoisotopic (exact) mass is 331 g/mol. The highest BCUT2D eigenvalue weighted by Crippen LogP contribution is 2.35. The van der Waals surface area contributed by atoms with Crippen molar-refractivity contribution in [3.8, 4) is 11.5 Å². The number of halogens is 1.